The molecule has 0 amide bonds. The van der Waals surface area contributed by atoms with Gasteiger partial charge < -0.3 is 59.1 Å². The topological polar surface area (TPSA) is 246 Å². The number of aliphatic carboxylic acids is 1. The Labute approximate surface area is 270 Å². The van der Waals surface area contributed by atoms with Gasteiger partial charge in [-0.1, -0.05) is 20.8 Å². The number of esters is 1. The van der Waals surface area contributed by atoms with Gasteiger partial charge >= 0.3 is 11.9 Å². The van der Waals surface area contributed by atoms with Gasteiger partial charge in [0.25, 0.3) is 0 Å². The minimum absolute atomic E-state index is 0.102. The van der Waals surface area contributed by atoms with Crippen LogP contribution < -0.4 is 0 Å². The van der Waals surface area contributed by atoms with Gasteiger partial charge in [-0.25, -0.2) is 4.79 Å². The number of hydrogen-bond acceptors (Lipinski definition) is 14. The lowest BCUT2D eigenvalue weighted by Crippen LogP contribution is -2.75. The van der Waals surface area contributed by atoms with Crippen LogP contribution in [0.25, 0.3) is 0 Å². The van der Waals surface area contributed by atoms with Crippen molar-refractivity contribution in [1.29, 1.82) is 0 Å². The van der Waals surface area contributed by atoms with Crippen molar-refractivity contribution in [2.45, 2.75) is 120 Å². The number of carbonyl (C=O) groups excluding carboxylic acids is 2. The van der Waals surface area contributed by atoms with Crippen molar-refractivity contribution in [3.8, 4) is 0 Å². The molecule has 1 spiro atoms. The van der Waals surface area contributed by atoms with E-state index >= 15 is 0 Å². The van der Waals surface area contributed by atoms with E-state index in [2.05, 4.69) is 0 Å². The third kappa shape index (κ3) is 4.41. The van der Waals surface area contributed by atoms with Crippen LogP contribution >= 0.6 is 0 Å². The average Bonchev–Trinajstić information content (AvgIpc) is 3.57. The molecule has 0 bridgehead atoms. The van der Waals surface area contributed by atoms with Crippen LogP contribution in [0.2, 0.25) is 0 Å². The lowest BCUT2D eigenvalue weighted by atomic mass is 9.36. The van der Waals surface area contributed by atoms with Crippen molar-refractivity contribution in [1.82, 2.24) is 0 Å². The molecule has 0 radical (unpaired) electrons. The highest BCUT2D eigenvalue weighted by atomic mass is 16.7. The normalized spacial score (nSPS) is 49.8. The second-order valence-electron chi connectivity index (χ2n) is 15.0. The maximum Gasteiger partial charge on any atom is 0.335 e. The molecular formula is C32H44O15. The van der Waals surface area contributed by atoms with Gasteiger partial charge in [0, 0.05) is 16.2 Å². The van der Waals surface area contributed by atoms with Crippen molar-refractivity contribution in [2.75, 3.05) is 6.61 Å². The third-order valence-electron chi connectivity index (χ3n) is 12.3. The van der Waals surface area contributed by atoms with Gasteiger partial charge in [-0.2, -0.15) is 0 Å². The van der Waals surface area contributed by atoms with Crippen molar-refractivity contribution >= 4 is 17.7 Å². The van der Waals surface area contributed by atoms with E-state index in [1.165, 1.54) is 6.26 Å². The number of carboxylic acid groups (broad SMARTS) is 1. The predicted molar refractivity (Wildman–Crippen MR) is 154 cm³/mol. The summed E-state index contributed by atoms with van der Waals surface area (Å²) in [6.45, 7) is 7.26. The molecule has 0 aromatic carbocycles. The fraction of sp³-hybridized carbons (Fsp3) is 0.781. The van der Waals surface area contributed by atoms with Crippen LogP contribution in [0.4, 0.5) is 0 Å². The van der Waals surface area contributed by atoms with Crippen LogP contribution in [0.1, 0.15) is 65.7 Å². The van der Waals surface area contributed by atoms with Crippen LogP contribution in [-0.2, 0) is 33.3 Å². The number of epoxide rings is 1. The van der Waals surface area contributed by atoms with E-state index in [1.807, 2.05) is 0 Å². The van der Waals surface area contributed by atoms with Gasteiger partial charge in [-0.3, -0.25) is 9.59 Å². The first kappa shape index (κ1) is 34.4. The molecule has 47 heavy (non-hydrogen) atoms. The Hall–Kier alpha value is -2.47. The number of rotatable bonds is 6. The number of aliphatic hydroxyl groups is 6. The van der Waals surface area contributed by atoms with Crippen molar-refractivity contribution in [2.24, 2.45) is 28.1 Å². The molecular weight excluding hydrogens is 624 g/mol. The van der Waals surface area contributed by atoms with Crippen LogP contribution in [0.5, 0.6) is 0 Å². The summed E-state index contributed by atoms with van der Waals surface area (Å²) in [5, 5.41) is 75.7. The molecule has 2 aliphatic carbocycles. The van der Waals surface area contributed by atoms with E-state index in [0.717, 1.165) is 0 Å². The zero-order chi connectivity index (χ0) is 34.6. The second-order valence-corrected chi connectivity index (χ2v) is 15.0. The third-order valence-corrected chi connectivity index (χ3v) is 12.3. The fourth-order valence-corrected chi connectivity index (χ4v) is 10.2. The smallest absolute Gasteiger partial charge is 0.335 e. The quantitative estimate of drug-likeness (QED) is 0.148. The summed E-state index contributed by atoms with van der Waals surface area (Å²) in [6.07, 6.45) is -13.1. The summed E-state index contributed by atoms with van der Waals surface area (Å²) in [6, 6.07) is 3.09. The highest BCUT2D eigenvalue weighted by Gasteiger charge is 2.87. The molecule has 7 N–H and O–H groups in total. The number of furan rings is 1. The molecule has 5 fully saturated rings. The first-order valence-corrected chi connectivity index (χ1v) is 15.9. The summed E-state index contributed by atoms with van der Waals surface area (Å²) in [5.74, 6) is -4.64. The Morgan fingerprint density at radius 3 is 2.30 bits per heavy atom. The highest BCUT2D eigenvalue weighted by molar-refractivity contribution is 5.91. The number of ketones is 1. The van der Waals surface area contributed by atoms with E-state index in [-0.39, 0.29) is 18.6 Å². The SMILES string of the molecule is CC1(C)OC(=O)CC(O)C2(C)C1C(=O)C(O)C1(C)C2CCC(C)(C(OC2OC(CO)C(O)C(O)C2O)c2ccco2)C12OC2C(=O)O. The van der Waals surface area contributed by atoms with Crippen LogP contribution in [0.3, 0.4) is 0 Å². The van der Waals surface area contributed by atoms with Crippen molar-refractivity contribution in [3.63, 3.8) is 0 Å². The Morgan fingerprint density at radius 2 is 1.72 bits per heavy atom. The zero-order valence-corrected chi connectivity index (χ0v) is 26.8. The van der Waals surface area contributed by atoms with E-state index in [9.17, 15) is 50.1 Å². The molecule has 4 heterocycles. The second kappa shape index (κ2) is 11.0. The molecule has 6 rings (SSSR count). The first-order chi connectivity index (χ1) is 21.8. The molecule has 5 aliphatic rings. The number of cyclic esters (lactones) is 1. The Morgan fingerprint density at radius 1 is 1.04 bits per heavy atom. The summed E-state index contributed by atoms with van der Waals surface area (Å²) >= 11 is 0. The summed E-state index contributed by atoms with van der Waals surface area (Å²) < 4.78 is 29.6. The summed E-state index contributed by atoms with van der Waals surface area (Å²) in [5.41, 5.74) is -7.86. The van der Waals surface area contributed by atoms with E-state index in [0.29, 0.717) is 0 Å². The molecule has 15 atom stereocenters. The monoisotopic (exact) mass is 668 g/mol. The number of hydrogen-bond donors (Lipinski definition) is 7. The predicted octanol–water partition coefficient (Wildman–Crippen LogP) is -0.565. The Kier molecular flexibility index (Phi) is 8.06. The Balaban J connectivity index is 1.51. The molecule has 3 aliphatic heterocycles. The van der Waals surface area contributed by atoms with E-state index in [4.69, 9.17) is 23.4 Å². The Bertz CT molecular complexity index is 1410. The average molecular weight is 669 g/mol. The minimum Gasteiger partial charge on any atom is -0.479 e. The van der Waals surface area contributed by atoms with Crippen molar-refractivity contribution < 1.29 is 73.5 Å². The molecule has 1 aromatic rings. The standard InChI is InChI=1S/C32H44O15/c1-28(2)22-21(39)23(40)31(5)15(30(22,4)16(34)11-17(35)46-28)8-9-29(3,32(31)25(47-32)26(41)42)24(13-7-6-10-43-13)45-27-20(38)19(37)18(36)14(12-33)44-27/h6-7,10,14-16,18-20,22-25,27,33-34,36-38,40H,8-9,11-12H2,1-5H3,(H,41,42). The van der Waals surface area contributed by atoms with Crippen LogP contribution in [0.15, 0.2) is 22.8 Å². The van der Waals surface area contributed by atoms with Gasteiger partial charge in [0.05, 0.1) is 31.3 Å². The fourth-order valence-electron chi connectivity index (χ4n) is 10.2. The van der Waals surface area contributed by atoms with E-state index < -0.39 is 125 Å². The first-order valence-electron chi connectivity index (χ1n) is 15.9. The largest absolute Gasteiger partial charge is 0.479 e. The molecule has 3 saturated heterocycles. The van der Waals surface area contributed by atoms with Gasteiger partial charge in [0.15, 0.2) is 18.2 Å². The molecule has 1 aromatic heterocycles. The maximum absolute atomic E-state index is 14.4. The molecule has 15 unspecified atom stereocenters. The van der Waals surface area contributed by atoms with E-state index in [1.54, 1.807) is 46.8 Å². The van der Waals surface area contributed by atoms with Gasteiger partial charge in [0.1, 0.15) is 53.6 Å². The molecule has 15 heteroatoms. The highest BCUT2D eigenvalue weighted by Crippen LogP contribution is 2.77. The van der Waals surface area contributed by atoms with Crippen LogP contribution in [-0.4, -0.2) is 120 Å². The number of Topliss-reactive ketones (excluding diaryl/α,β-unsaturated/α-hetero) is 1. The van der Waals surface area contributed by atoms with Gasteiger partial charge in [0.2, 0.25) is 0 Å². The lowest BCUT2D eigenvalue weighted by molar-refractivity contribution is -0.333. The molecule has 15 nitrogen and oxygen atoms in total. The minimum atomic E-state index is -1.87. The summed E-state index contributed by atoms with van der Waals surface area (Å²) in [4.78, 5) is 40.0. The number of carboxylic acids is 1. The molecule has 262 valence electrons. The maximum atomic E-state index is 14.4. The van der Waals surface area contributed by atoms with Gasteiger partial charge in [-0.15, -0.1) is 0 Å². The summed E-state index contributed by atoms with van der Waals surface area (Å²) in [7, 11) is 0. The number of aliphatic hydroxyl groups excluding tert-OH is 6. The van der Waals surface area contributed by atoms with Crippen molar-refractivity contribution in [3.05, 3.63) is 24.2 Å². The molecule has 2 saturated carbocycles. The van der Waals surface area contributed by atoms with Gasteiger partial charge in [-0.05, 0) is 44.7 Å². The zero-order valence-electron chi connectivity index (χ0n) is 26.8. The van der Waals surface area contributed by atoms with Crippen LogP contribution in [0, 0.1) is 28.1 Å². The lowest BCUT2D eigenvalue weighted by Gasteiger charge is -2.67. The number of carbonyl (C=O) groups is 3. The number of fused-ring (bicyclic) bond motifs is 4. The number of ether oxygens (including phenoxy) is 4.